The molecule has 1 N–H and O–H groups in total. The number of benzene rings is 2. The average molecular weight is 380 g/mol. The standard InChI is InChI=1S/C19H16N4O5/c1-27-16-9-4-14(5-10-16)12-18-21-22-19(28-18)20-17(24)11-6-13-2-7-15(8-3-13)23(25)26/h2-11H,12H2,1H3,(H,20,22,24). The molecule has 9 nitrogen and oxygen atoms in total. The number of ether oxygens (including phenoxy) is 1. The van der Waals surface area contributed by atoms with Crippen LogP contribution in [0.3, 0.4) is 0 Å². The molecule has 28 heavy (non-hydrogen) atoms. The number of aromatic nitrogens is 2. The van der Waals surface area contributed by atoms with Gasteiger partial charge in [-0.2, -0.15) is 0 Å². The Balaban J connectivity index is 1.56. The fraction of sp³-hybridized carbons (Fsp3) is 0.105. The van der Waals surface area contributed by atoms with Crippen LogP contribution in [0.15, 0.2) is 59.0 Å². The average Bonchev–Trinajstić information content (AvgIpc) is 3.14. The van der Waals surface area contributed by atoms with Crippen molar-refractivity contribution in [3.8, 4) is 5.75 Å². The molecule has 1 amide bonds. The number of rotatable bonds is 7. The first-order valence-electron chi connectivity index (χ1n) is 8.22. The molecule has 2 aromatic carbocycles. The van der Waals surface area contributed by atoms with Gasteiger partial charge in [-0.25, -0.2) is 0 Å². The molecule has 0 saturated heterocycles. The van der Waals surface area contributed by atoms with E-state index in [2.05, 4.69) is 15.5 Å². The number of nitrogens with one attached hydrogen (secondary N) is 1. The summed E-state index contributed by atoms with van der Waals surface area (Å²) in [6, 6.07) is 13.2. The van der Waals surface area contributed by atoms with Gasteiger partial charge in [-0.15, -0.1) is 5.10 Å². The zero-order chi connectivity index (χ0) is 19.9. The van der Waals surface area contributed by atoms with E-state index in [0.717, 1.165) is 11.3 Å². The monoisotopic (exact) mass is 380 g/mol. The number of amides is 1. The maximum Gasteiger partial charge on any atom is 0.322 e. The van der Waals surface area contributed by atoms with Gasteiger partial charge >= 0.3 is 6.01 Å². The van der Waals surface area contributed by atoms with E-state index < -0.39 is 10.8 Å². The minimum atomic E-state index is -0.487. The highest BCUT2D eigenvalue weighted by Gasteiger charge is 2.09. The van der Waals surface area contributed by atoms with E-state index in [4.69, 9.17) is 9.15 Å². The normalized spacial score (nSPS) is 10.8. The molecule has 0 aliphatic heterocycles. The quantitative estimate of drug-likeness (QED) is 0.379. The molecule has 0 radical (unpaired) electrons. The van der Waals surface area contributed by atoms with Crippen LogP contribution in [0.5, 0.6) is 5.75 Å². The van der Waals surface area contributed by atoms with Gasteiger partial charge in [0, 0.05) is 18.2 Å². The summed E-state index contributed by atoms with van der Waals surface area (Å²) in [5, 5.41) is 20.8. The van der Waals surface area contributed by atoms with Crippen LogP contribution in [0.25, 0.3) is 6.08 Å². The molecule has 0 aliphatic rings. The summed E-state index contributed by atoms with van der Waals surface area (Å²) < 4.78 is 10.5. The maximum absolute atomic E-state index is 12.0. The Labute approximate surface area is 159 Å². The molecular weight excluding hydrogens is 364 g/mol. The van der Waals surface area contributed by atoms with Crippen molar-refractivity contribution in [2.24, 2.45) is 0 Å². The molecule has 0 unspecified atom stereocenters. The first-order valence-corrected chi connectivity index (χ1v) is 8.22. The van der Waals surface area contributed by atoms with Gasteiger partial charge in [0.05, 0.1) is 18.5 Å². The third kappa shape index (κ3) is 5.01. The molecule has 0 saturated carbocycles. The molecule has 0 spiro atoms. The number of methoxy groups -OCH3 is 1. The molecular formula is C19H16N4O5. The van der Waals surface area contributed by atoms with Gasteiger partial charge in [-0.1, -0.05) is 17.2 Å². The Morgan fingerprint density at radius 1 is 1.18 bits per heavy atom. The summed E-state index contributed by atoms with van der Waals surface area (Å²) in [6.07, 6.45) is 3.22. The number of hydrogen-bond acceptors (Lipinski definition) is 7. The second-order valence-corrected chi connectivity index (χ2v) is 5.70. The van der Waals surface area contributed by atoms with Crippen LogP contribution in [0.2, 0.25) is 0 Å². The Kier molecular flexibility index (Phi) is 5.75. The van der Waals surface area contributed by atoms with Crippen LogP contribution in [-0.4, -0.2) is 28.1 Å². The number of non-ortho nitro benzene ring substituents is 1. The van der Waals surface area contributed by atoms with Crippen molar-refractivity contribution in [2.75, 3.05) is 12.4 Å². The van der Waals surface area contributed by atoms with E-state index in [1.54, 1.807) is 19.2 Å². The minimum Gasteiger partial charge on any atom is -0.497 e. The van der Waals surface area contributed by atoms with E-state index in [0.29, 0.717) is 17.9 Å². The van der Waals surface area contributed by atoms with Crippen molar-refractivity contribution in [1.29, 1.82) is 0 Å². The maximum atomic E-state index is 12.0. The first-order chi connectivity index (χ1) is 13.5. The Hall–Kier alpha value is -4.01. The second kappa shape index (κ2) is 8.58. The lowest BCUT2D eigenvalue weighted by molar-refractivity contribution is -0.384. The molecule has 0 fully saturated rings. The molecule has 3 rings (SSSR count). The summed E-state index contributed by atoms with van der Waals surface area (Å²) in [6.45, 7) is 0. The van der Waals surface area contributed by atoms with Crippen LogP contribution in [0, 0.1) is 10.1 Å². The summed E-state index contributed by atoms with van der Waals surface area (Å²) >= 11 is 0. The Morgan fingerprint density at radius 2 is 1.89 bits per heavy atom. The Morgan fingerprint density at radius 3 is 2.54 bits per heavy atom. The van der Waals surface area contributed by atoms with Crippen molar-refractivity contribution >= 4 is 23.7 Å². The number of carbonyl (C=O) groups is 1. The van der Waals surface area contributed by atoms with Gasteiger partial charge in [-0.05, 0) is 41.5 Å². The number of nitro benzene ring substituents is 1. The SMILES string of the molecule is COc1ccc(Cc2nnc(NC(=O)C=Cc3ccc([N+](=O)[O-])cc3)o2)cc1. The van der Waals surface area contributed by atoms with Crippen LogP contribution in [-0.2, 0) is 11.2 Å². The number of nitro groups is 1. The molecule has 9 heteroatoms. The van der Waals surface area contributed by atoms with Crippen molar-refractivity contribution < 1.29 is 18.9 Å². The molecule has 0 bridgehead atoms. The lowest BCUT2D eigenvalue weighted by Crippen LogP contribution is -2.07. The first kappa shape index (κ1) is 18.8. The number of nitrogens with zero attached hydrogens (tertiary/aromatic N) is 3. The van der Waals surface area contributed by atoms with Gasteiger partial charge in [0.1, 0.15) is 5.75 Å². The lowest BCUT2D eigenvalue weighted by Gasteiger charge is -2.00. The number of hydrogen-bond donors (Lipinski definition) is 1. The summed E-state index contributed by atoms with van der Waals surface area (Å²) in [4.78, 5) is 22.1. The largest absolute Gasteiger partial charge is 0.497 e. The van der Waals surface area contributed by atoms with Gasteiger partial charge in [0.25, 0.3) is 11.6 Å². The van der Waals surface area contributed by atoms with Crippen LogP contribution < -0.4 is 10.1 Å². The molecule has 1 aromatic heterocycles. The Bertz CT molecular complexity index is 994. The van der Waals surface area contributed by atoms with Crippen molar-refractivity contribution in [3.05, 3.63) is 81.7 Å². The number of anilines is 1. The summed E-state index contributed by atoms with van der Waals surface area (Å²) in [5.74, 6) is 0.653. The lowest BCUT2D eigenvalue weighted by atomic mass is 10.1. The predicted molar refractivity (Wildman–Crippen MR) is 101 cm³/mol. The molecule has 142 valence electrons. The van der Waals surface area contributed by atoms with Crippen molar-refractivity contribution in [3.63, 3.8) is 0 Å². The van der Waals surface area contributed by atoms with E-state index >= 15 is 0 Å². The van der Waals surface area contributed by atoms with Gasteiger partial charge in [-0.3, -0.25) is 20.2 Å². The fourth-order valence-corrected chi connectivity index (χ4v) is 2.32. The van der Waals surface area contributed by atoms with E-state index in [1.165, 1.54) is 24.3 Å². The highest BCUT2D eigenvalue weighted by Crippen LogP contribution is 2.16. The fourth-order valence-electron chi connectivity index (χ4n) is 2.32. The van der Waals surface area contributed by atoms with E-state index in [1.807, 2.05) is 24.3 Å². The van der Waals surface area contributed by atoms with Crippen molar-refractivity contribution in [1.82, 2.24) is 10.2 Å². The zero-order valence-corrected chi connectivity index (χ0v) is 14.9. The minimum absolute atomic E-state index is 0.0122. The van der Waals surface area contributed by atoms with Crippen molar-refractivity contribution in [2.45, 2.75) is 6.42 Å². The summed E-state index contributed by atoms with van der Waals surface area (Å²) in [5.41, 5.74) is 1.59. The summed E-state index contributed by atoms with van der Waals surface area (Å²) in [7, 11) is 1.60. The second-order valence-electron chi connectivity index (χ2n) is 5.70. The van der Waals surface area contributed by atoms with Crippen LogP contribution in [0.1, 0.15) is 17.0 Å². The molecule has 1 heterocycles. The van der Waals surface area contributed by atoms with Gasteiger partial charge in [0.15, 0.2) is 0 Å². The molecule has 3 aromatic rings. The highest BCUT2D eigenvalue weighted by atomic mass is 16.6. The smallest absolute Gasteiger partial charge is 0.322 e. The topological polar surface area (TPSA) is 120 Å². The van der Waals surface area contributed by atoms with Gasteiger partial charge in [0.2, 0.25) is 5.89 Å². The third-order valence-electron chi connectivity index (χ3n) is 3.74. The van der Waals surface area contributed by atoms with Crippen LogP contribution in [0.4, 0.5) is 11.7 Å². The number of carbonyl (C=O) groups excluding carboxylic acids is 1. The molecule has 0 atom stereocenters. The van der Waals surface area contributed by atoms with E-state index in [9.17, 15) is 14.9 Å². The van der Waals surface area contributed by atoms with Gasteiger partial charge < -0.3 is 9.15 Å². The predicted octanol–water partition coefficient (Wildman–Crippen LogP) is 3.23. The van der Waals surface area contributed by atoms with Crippen LogP contribution >= 0.6 is 0 Å². The third-order valence-corrected chi connectivity index (χ3v) is 3.74. The molecule has 0 aliphatic carbocycles. The van der Waals surface area contributed by atoms with E-state index in [-0.39, 0.29) is 11.7 Å². The zero-order valence-electron chi connectivity index (χ0n) is 14.9. The highest BCUT2D eigenvalue weighted by molar-refractivity contribution is 6.00.